The third-order valence-corrected chi connectivity index (χ3v) is 7.45. The zero-order valence-electron chi connectivity index (χ0n) is 19.6. The van der Waals surface area contributed by atoms with E-state index < -0.39 is 17.9 Å². The van der Waals surface area contributed by atoms with Gasteiger partial charge in [-0.05, 0) is 63.1 Å². The maximum atomic E-state index is 13.4. The normalized spacial score (nSPS) is 19.0. The quantitative estimate of drug-likeness (QED) is 0.543. The van der Waals surface area contributed by atoms with E-state index in [2.05, 4.69) is 44.5 Å². The molecule has 1 saturated carbocycles. The van der Waals surface area contributed by atoms with Crippen molar-refractivity contribution in [2.75, 3.05) is 36.9 Å². The summed E-state index contributed by atoms with van der Waals surface area (Å²) in [5, 5.41) is 13.5. The van der Waals surface area contributed by atoms with Gasteiger partial charge < -0.3 is 16.0 Å². The highest BCUT2D eigenvalue weighted by atomic mass is 19.4. The van der Waals surface area contributed by atoms with Crippen LogP contribution in [-0.4, -0.2) is 47.3 Å². The molecule has 1 aliphatic heterocycles. The number of hydrogen-bond acceptors (Lipinski definition) is 6. The molecule has 3 N–H and O–H groups in total. The second-order valence-electron chi connectivity index (χ2n) is 9.57. The molecule has 9 heteroatoms. The third kappa shape index (κ3) is 3.96. The van der Waals surface area contributed by atoms with Crippen LogP contribution in [0.2, 0.25) is 0 Å². The molecule has 0 bridgehead atoms. The van der Waals surface area contributed by atoms with Crippen molar-refractivity contribution in [3.8, 4) is 0 Å². The number of halogens is 3. The Morgan fingerprint density at radius 2 is 1.82 bits per heavy atom. The van der Waals surface area contributed by atoms with Crippen molar-refractivity contribution in [1.29, 1.82) is 0 Å². The lowest BCUT2D eigenvalue weighted by Gasteiger charge is -2.41. The van der Waals surface area contributed by atoms with Crippen molar-refractivity contribution in [2.24, 2.45) is 5.73 Å². The molecule has 1 spiro atoms. The maximum Gasteiger partial charge on any atom is 0.416 e. The summed E-state index contributed by atoms with van der Waals surface area (Å²) in [7, 11) is 2.20. The minimum atomic E-state index is -4.44. The van der Waals surface area contributed by atoms with Gasteiger partial charge in [-0.1, -0.05) is 18.2 Å². The predicted molar refractivity (Wildman–Crippen MR) is 128 cm³/mol. The Morgan fingerprint density at radius 1 is 1.06 bits per heavy atom. The lowest BCUT2D eigenvalue weighted by atomic mass is 10.00. The molecule has 0 radical (unpaired) electrons. The van der Waals surface area contributed by atoms with Crippen LogP contribution in [0, 0.1) is 13.8 Å². The Kier molecular flexibility index (Phi) is 5.44. The van der Waals surface area contributed by atoms with Gasteiger partial charge in [0.1, 0.15) is 6.17 Å². The highest BCUT2D eigenvalue weighted by Crippen LogP contribution is 2.44. The number of nitrogens with two attached hydrogens (primary N) is 1. The van der Waals surface area contributed by atoms with Gasteiger partial charge in [0.2, 0.25) is 0 Å². The Hall–Kier alpha value is -2.91. The number of hydrogen-bond donors (Lipinski definition) is 2. The van der Waals surface area contributed by atoms with Crippen LogP contribution in [0.4, 0.5) is 24.7 Å². The van der Waals surface area contributed by atoms with Gasteiger partial charge in [0, 0.05) is 41.6 Å². The van der Waals surface area contributed by atoms with E-state index in [4.69, 9.17) is 5.73 Å². The molecule has 0 unspecified atom stereocenters. The molecule has 2 aromatic carbocycles. The van der Waals surface area contributed by atoms with Crippen molar-refractivity contribution < 1.29 is 13.2 Å². The van der Waals surface area contributed by atoms with E-state index >= 15 is 0 Å². The first kappa shape index (κ1) is 22.9. The van der Waals surface area contributed by atoms with Gasteiger partial charge in [-0.15, -0.1) is 5.10 Å². The highest BCUT2D eigenvalue weighted by molar-refractivity contribution is 5.95. The molecule has 2 heterocycles. The van der Waals surface area contributed by atoms with E-state index in [1.807, 2.05) is 13.0 Å². The number of nitrogens with zero attached hydrogens (tertiary/aromatic N) is 4. The topological polar surface area (TPSA) is 70.3 Å². The number of alkyl halides is 3. The summed E-state index contributed by atoms with van der Waals surface area (Å²) in [6.45, 7) is 6.27. The number of rotatable bonds is 4. The largest absolute Gasteiger partial charge is 0.416 e. The van der Waals surface area contributed by atoms with Crippen molar-refractivity contribution in [3.63, 3.8) is 0 Å². The smallest absolute Gasteiger partial charge is 0.368 e. The summed E-state index contributed by atoms with van der Waals surface area (Å²) in [6, 6.07) is 10.3. The van der Waals surface area contributed by atoms with E-state index in [1.165, 1.54) is 25.8 Å². The third-order valence-electron chi connectivity index (χ3n) is 7.45. The molecular formula is C25H29F3N6. The molecule has 1 saturated heterocycles. The molecule has 5 rings (SSSR count). The molecule has 1 atom stereocenters. The SMILES string of the molecule is Cc1c([C@@H](N)Nc2nnc(C)c3ccc(N4CCN(C)C5(CC5)C4)cc23)cccc1C(F)(F)F. The molecule has 1 aromatic heterocycles. The van der Waals surface area contributed by atoms with E-state index in [1.54, 1.807) is 6.07 Å². The fourth-order valence-electron chi connectivity index (χ4n) is 5.07. The summed E-state index contributed by atoms with van der Waals surface area (Å²) in [6.07, 6.45) is -2.87. The molecule has 34 heavy (non-hydrogen) atoms. The molecular weight excluding hydrogens is 441 g/mol. The Balaban J connectivity index is 1.48. The molecule has 3 aromatic rings. The van der Waals surface area contributed by atoms with Crippen LogP contribution >= 0.6 is 0 Å². The predicted octanol–water partition coefficient (Wildman–Crippen LogP) is 4.62. The summed E-state index contributed by atoms with van der Waals surface area (Å²) in [5.74, 6) is 0.460. The summed E-state index contributed by atoms with van der Waals surface area (Å²) in [5.41, 5.74) is 8.31. The van der Waals surface area contributed by atoms with Gasteiger partial charge >= 0.3 is 6.18 Å². The minimum Gasteiger partial charge on any atom is -0.368 e. The van der Waals surface area contributed by atoms with Gasteiger partial charge in [0.05, 0.1) is 11.3 Å². The van der Waals surface area contributed by atoms with Gasteiger partial charge in [0.15, 0.2) is 5.82 Å². The van der Waals surface area contributed by atoms with Crippen LogP contribution in [0.3, 0.4) is 0 Å². The lowest BCUT2D eigenvalue weighted by molar-refractivity contribution is -0.138. The Morgan fingerprint density at radius 3 is 2.53 bits per heavy atom. The van der Waals surface area contributed by atoms with E-state index in [0.717, 1.165) is 47.9 Å². The first-order chi connectivity index (χ1) is 16.1. The van der Waals surface area contributed by atoms with Crippen LogP contribution in [0.1, 0.15) is 41.4 Å². The van der Waals surface area contributed by atoms with E-state index in [-0.39, 0.29) is 11.1 Å². The van der Waals surface area contributed by atoms with Crippen LogP contribution < -0.4 is 16.0 Å². The highest BCUT2D eigenvalue weighted by Gasteiger charge is 2.49. The summed E-state index contributed by atoms with van der Waals surface area (Å²) < 4.78 is 40.2. The number of benzene rings is 2. The molecule has 1 aliphatic carbocycles. The minimum absolute atomic E-state index is 0.104. The second kappa shape index (κ2) is 8.09. The summed E-state index contributed by atoms with van der Waals surface area (Å²) >= 11 is 0. The van der Waals surface area contributed by atoms with Gasteiger partial charge in [0.25, 0.3) is 0 Å². The van der Waals surface area contributed by atoms with Crippen LogP contribution in [0.5, 0.6) is 0 Å². The average molecular weight is 471 g/mol. The number of aryl methyl sites for hydroxylation is 1. The van der Waals surface area contributed by atoms with Gasteiger partial charge in [-0.2, -0.15) is 18.3 Å². The van der Waals surface area contributed by atoms with Gasteiger partial charge in [-0.25, -0.2) is 0 Å². The number of aromatic nitrogens is 2. The van der Waals surface area contributed by atoms with Gasteiger partial charge in [-0.3, -0.25) is 4.90 Å². The lowest BCUT2D eigenvalue weighted by Crippen LogP contribution is -2.53. The fourth-order valence-corrected chi connectivity index (χ4v) is 5.07. The first-order valence-corrected chi connectivity index (χ1v) is 11.5. The standard InChI is InChI=1S/C25H29F3N6/c1-15-18(5-4-6-21(15)25(26,27)28)22(29)30-23-20-13-17(7-8-19(20)16(2)31-32-23)34-12-11-33(3)24(14-34)9-10-24/h4-8,13,22H,9-12,14,29H2,1-3H3,(H,30,32)/t22-/m0/s1. The van der Waals surface area contributed by atoms with E-state index in [0.29, 0.717) is 11.4 Å². The number of fused-ring (bicyclic) bond motifs is 1. The first-order valence-electron chi connectivity index (χ1n) is 11.5. The van der Waals surface area contributed by atoms with Crippen LogP contribution in [0.15, 0.2) is 36.4 Å². The number of anilines is 2. The van der Waals surface area contributed by atoms with Crippen molar-refractivity contribution in [3.05, 3.63) is 58.8 Å². The molecule has 2 fully saturated rings. The number of nitrogens with one attached hydrogen (secondary N) is 1. The number of piperazine rings is 1. The Labute approximate surface area is 196 Å². The van der Waals surface area contributed by atoms with Crippen LogP contribution in [-0.2, 0) is 6.18 Å². The second-order valence-corrected chi connectivity index (χ2v) is 9.57. The Bertz CT molecular complexity index is 1240. The van der Waals surface area contributed by atoms with Crippen molar-refractivity contribution >= 4 is 22.3 Å². The average Bonchev–Trinajstić information content (AvgIpc) is 3.57. The van der Waals surface area contributed by atoms with Crippen LogP contribution in [0.25, 0.3) is 10.8 Å². The van der Waals surface area contributed by atoms with Crippen molar-refractivity contribution in [2.45, 2.75) is 44.6 Å². The fraction of sp³-hybridized carbons (Fsp3) is 0.440. The zero-order chi connectivity index (χ0) is 24.3. The number of likely N-dealkylation sites (N-methyl/N-ethyl adjacent to an activating group) is 1. The van der Waals surface area contributed by atoms with E-state index in [9.17, 15) is 13.2 Å². The zero-order valence-corrected chi connectivity index (χ0v) is 19.6. The molecule has 2 aliphatic rings. The molecule has 180 valence electrons. The molecule has 0 amide bonds. The molecule has 6 nitrogen and oxygen atoms in total. The monoisotopic (exact) mass is 470 g/mol. The maximum absolute atomic E-state index is 13.4. The van der Waals surface area contributed by atoms with Crippen molar-refractivity contribution in [1.82, 2.24) is 15.1 Å². The summed E-state index contributed by atoms with van der Waals surface area (Å²) in [4.78, 5) is 4.87.